The molecule has 0 saturated carbocycles. The van der Waals surface area contributed by atoms with E-state index in [9.17, 15) is 4.79 Å². The molecule has 33 heavy (non-hydrogen) atoms. The second kappa shape index (κ2) is 10.5. The summed E-state index contributed by atoms with van der Waals surface area (Å²) in [5.41, 5.74) is 2.04. The molecule has 0 radical (unpaired) electrons. The van der Waals surface area contributed by atoms with Crippen LogP contribution in [0.25, 0.3) is 10.9 Å². The number of ether oxygens (including phenoxy) is 1. The normalized spacial score (nSPS) is 11.4. The van der Waals surface area contributed by atoms with Crippen molar-refractivity contribution in [2.24, 2.45) is 5.10 Å². The van der Waals surface area contributed by atoms with Crippen LogP contribution < -0.4 is 10.3 Å². The molecule has 0 aliphatic carbocycles. The Balaban J connectivity index is 1.60. The third kappa shape index (κ3) is 5.46. The van der Waals surface area contributed by atoms with Crippen molar-refractivity contribution in [2.45, 2.75) is 26.4 Å². The van der Waals surface area contributed by atoms with Crippen LogP contribution in [0.15, 0.2) is 75.0 Å². The highest BCUT2D eigenvalue weighted by molar-refractivity contribution is 9.10. The summed E-state index contributed by atoms with van der Waals surface area (Å²) in [7, 11) is 0. The minimum Gasteiger partial charge on any atom is -0.487 e. The summed E-state index contributed by atoms with van der Waals surface area (Å²) in [6.07, 6.45) is 3.07. The van der Waals surface area contributed by atoms with E-state index in [1.807, 2.05) is 49.4 Å². The van der Waals surface area contributed by atoms with Crippen molar-refractivity contribution >= 4 is 56.2 Å². The predicted octanol–water partition coefficient (Wildman–Crippen LogP) is 6.88. The molecular formula is C25H20BrCl2N3O2. The average Bonchev–Trinajstić information content (AvgIpc) is 2.80. The molecule has 0 spiro atoms. The highest BCUT2D eigenvalue weighted by atomic mass is 79.9. The lowest BCUT2D eigenvalue weighted by Gasteiger charge is -2.10. The molecule has 1 aromatic heterocycles. The second-order valence-corrected chi connectivity index (χ2v) is 9.10. The molecule has 0 amide bonds. The van der Waals surface area contributed by atoms with Crippen LogP contribution in [0, 0.1) is 0 Å². The molecule has 8 heteroatoms. The number of rotatable bonds is 7. The standard InChI is InChI=1S/C25H20BrCl2N3O2/c1-2-5-24-30-22-10-9-18(26)13-19(22)25(32)31(24)29-14-16-8-11-23(21(28)12-16)33-15-17-6-3-4-7-20(17)27/h3-4,6-14H,2,5,15H2,1H3. The van der Waals surface area contributed by atoms with Crippen LogP contribution >= 0.6 is 39.1 Å². The number of halogens is 3. The van der Waals surface area contributed by atoms with Gasteiger partial charge in [0, 0.05) is 21.5 Å². The van der Waals surface area contributed by atoms with Crippen LogP contribution in [0.2, 0.25) is 10.0 Å². The maximum absolute atomic E-state index is 13.1. The van der Waals surface area contributed by atoms with E-state index in [-0.39, 0.29) is 5.56 Å². The van der Waals surface area contributed by atoms with Crippen molar-refractivity contribution in [2.75, 3.05) is 0 Å². The van der Waals surface area contributed by atoms with Crippen LogP contribution in [0.5, 0.6) is 5.75 Å². The first-order valence-corrected chi connectivity index (χ1v) is 11.9. The van der Waals surface area contributed by atoms with E-state index in [2.05, 4.69) is 26.0 Å². The lowest BCUT2D eigenvalue weighted by molar-refractivity contribution is 0.306. The summed E-state index contributed by atoms with van der Waals surface area (Å²) in [5.74, 6) is 1.15. The van der Waals surface area contributed by atoms with Gasteiger partial charge in [0.2, 0.25) is 0 Å². The van der Waals surface area contributed by atoms with E-state index in [4.69, 9.17) is 27.9 Å². The zero-order valence-corrected chi connectivity index (χ0v) is 20.9. The third-order valence-electron chi connectivity index (χ3n) is 4.97. The van der Waals surface area contributed by atoms with E-state index >= 15 is 0 Å². The van der Waals surface area contributed by atoms with Crippen LogP contribution in [-0.2, 0) is 13.0 Å². The first-order chi connectivity index (χ1) is 16.0. The van der Waals surface area contributed by atoms with Gasteiger partial charge < -0.3 is 4.74 Å². The largest absolute Gasteiger partial charge is 0.487 e. The van der Waals surface area contributed by atoms with E-state index < -0.39 is 0 Å². The third-order valence-corrected chi connectivity index (χ3v) is 6.13. The Kier molecular flexibility index (Phi) is 7.48. The molecule has 3 aromatic carbocycles. The molecule has 0 unspecified atom stereocenters. The Morgan fingerprint density at radius 3 is 2.67 bits per heavy atom. The fraction of sp³-hybridized carbons (Fsp3) is 0.160. The lowest BCUT2D eigenvalue weighted by atomic mass is 10.2. The Bertz CT molecular complexity index is 1400. The molecule has 0 bridgehead atoms. The SMILES string of the molecule is CCCc1nc2ccc(Br)cc2c(=O)n1N=Cc1ccc(OCc2ccccc2Cl)c(Cl)c1. The van der Waals surface area contributed by atoms with Gasteiger partial charge in [-0.05, 0) is 54.4 Å². The molecule has 0 aliphatic heterocycles. The topological polar surface area (TPSA) is 56.5 Å². The van der Waals surface area contributed by atoms with Crippen molar-refractivity contribution in [3.63, 3.8) is 0 Å². The van der Waals surface area contributed by atoms with E-state index in [1.165, 1.54) is 4.68 Å². The minimum absolute atomic E-state index is 0.216. The predicted molar refractivity (Wildman–Crippen MR) is 138 cm³/mol. The summed E-state index contributed by atoms with van der Waals surface area (Å²) in [5, 5.41) is 6.02. The molecule has 168 valence electrons. The molecule has 4 rings (SSSR count). The van der Waals surface area contributed by atoms with Crippen molar-refractivity contribution in [1.82, 2.24) is 9.66 Å². The highest BCUT2D eigenvalue weighted by Crippen LogP contribution is 2.27. The molecule has 0 aliphatic rings. The number of hydrogen-bond donors (Lipinski definition) is 0. The van der Waals surface area contributed by atoms with Crippen LogP contribution in [0.3, 0.4) is 0 Å². The van der Waals surface area contributed by atoms with Gasteiger partial charge in [0.1, 0.15) is 18.2 Å². The van der Waals surface area contributed by atoms with E-state index in [0.717, 1.165) is 22.0 Å². The van der Waals surface area contributed by atoms with Crippen molar-refractivity contribution < 1.29 is 4.74 Å². The smallest absolute Gasteiger partial charge is 0.282 e. The summed E-state index contributed by atoms with van der Waals surface area (Å²) in [6.45, 7) is 2.34. The van der Waals surface area contributed by atoms with E-state index in [0.29, 0.717) is 45.5 Å². The van der Waals surface area contributed by atoms with Gasteiger partial charge in [-0.2, -0.15) is 9.78 Å². The maximum Gasteiger partial charge on any atom is 0.282 e. The number of fused-ring (bicyclic) bond motifs is 1. The molecular weight excluding hydrogens is 525 g/mol. The average molecular weight is 545 g/mol. The maximum atomic E-state index is 13.1. The van der Waals surface area contributed by atoms with Gasteiger partial charge in [0.25, 0.3) is 5.56 Å². The van der Waals surface area contributed by atoms with Crippen LogP contribution in [0.1, 0.15) is 30.3 Å². The number of aromatic nitrogens is 2. The number of benzene rings is 3. The van der Waals surface area contributed by atoms with Crippen molar-refractivity contribution in [1.29, 1.82) is 0 Å². The molecule has 0 fully saturated rings. The summed E-state index contributed by atoms with van der Waals surface area (Å²) in [6, 6.07) is 18.3. The Morgan fingerprint density at radius 1 is 1.09 bits per heavy atom. The molecule has 0 atom stereocenters. The fourth-order valence-corrected chi connectivity index (χ4v) is 4.10. The number of hydrogen-bond acceptors (Lipinski definition) is 4. The summed E-state index contributed by atoms with van der Waals surface area (Å²) >= 11 is 16.0. The Morgan fingerprint density at radius 2 is 1.91 bits per heavy atom. The van der Waals surface area contributed by atoms with Crippen molar-refractivity contribution in [3.05, 3.63) is 102 Å². The molecule has 1 heterocycles. The second-order valence-electron chi connectivity index (χ2n) is 7.37. The summed E-state index contributed by atoms with van der Waals surface area (Å²) in [4.78, 5) is 17.7. The summed E-state index contributed by atoms with van der Waals surface area (Å²) < 4.78 is 7.99. The minimum atomic E-state index is -0.216. The van der Waals surface area contributed by atoms with Gasteiger partial charge in [-0.1, -0.05) is 64.3 Å². The molecule has 0 saturated heterocycles. The van der Waals surface area contributed by atoms with Crippen LogP contribution in [-0.4, -0.2) is 15.9 Å². The fourth-order valence-electron chi connectivity index (χ4n) is 3.31. The lowest BCUT2D eigenvalue weighted by Crippen LogP contribution is -2.22. The van der Waals surface area contributed by atoms with Gasteiger partial charge in [-0.25, -0.2) is 4.98 Å². The molecule has 5 nitrogen and oxygen atoms in total. The molecule has 0 N–H and O–H groups in total. The van der Waals surface area contributed by atoms with Gasteiger partial charge >= 0.3 is 0 Å². The monoisotopic (exact) mass is 543 g/mol. The highest BCUT2D eigenvalue weighted by Gasteiger charge is 2.11. The van der Waals surface area contributed by atoms with Gasteiger partial charge in [0.05, 0.1) is 22.1 Å². The zero-order chi connectivity index (χ0) is 23.4. The Hall–Kier alpha value is -2.67. The first kappa shape index (κ1) is 23.5. The van der Waals surface area contributed by atoms with Crippen LogP contribution in [0.4, 0.5) is 0 Å². The number of nitrogens with zero attached hydrogens (tertiary/aromatic N) is 3. The van der Waals surface area contributed by atoms with Gasteiger partial charge in [-0.15, -0.1) is 0 Å². The first-order valence-electron chi connectivity index (χ1n) is 10.4. The van der Waals surface area contributed by atoms with Crippen molar-refractivity contribution in [3.8, 4) is 5.75 Å². The van der Waals surface area contributed by atoms with Gasteiger partial charge in [0.15, 0.2) is 0 Å². The zero-order valence-electron chi connectivity index (χ0n) is 17.8. The van der Waals surface area contributed by atoms with E-state index in [1.54, 1.807) is 24.4 Å². The molecule has 4 aromatic rings. The number of aryl methyl sites for hydroxylation is 1. The van der Waals surface area contributed by atoms with Gasteiger partial charge in [-0.3, -0.25) is 4.79 Å². The Labute approximate surface area is 209 Å². The quantitative estimate of drug-likeness (QED) is 0.238.